The van der Waals surface area contributed by atoms with Gasteiger partial charge in [0.25, 0.3) is 5.91 Å². The van der Waals surface area contributed by atoms with E-state index in [1.54, 1.807) is 23.1 Å². The summed E-state index contributed by atoms with van der Waals surface area (Å²) in [7, 11) is 1.37. The van der Waals surface area contributed by atoms with E-state index in [4.69, 9.17) is 4.74 Å². The maximum atomic E-state index is 12.5. The van der Waals surface area contributed by atoms with Gasteiger partial charge in [0.2, 0.25) is 0 Å². The highest BCUT2D eigenvalue weighted by atomic mass is 16.5. The summed E-state index contributed by atoms with van der Waals surface area (Å²) in [5, 5.41) is 10.5. The van der Waals surface area contributed by atoms with Crippen molar-refractivity contribution >= 4 is 22.9 Å². The van der Waals surface area contributed by atoms with Gasteiger partial charge < -0.3 is 9.64 Å². The van der Waals surface area contributed by atoms with Crippen LogP contribution in [-0.4, -0.2) is 52.4 Å². The molecule has 7 heteroatoms. The normalized spacial score (nSPS) is 21.7. The lowest BCUT2D eigenvalue weighted by Crippen LogP contribution is -2.30. The molecule has 110 valence electrons. The molecule has 2 unspecified atom stereocenters. The third-order valence-corrected chi connectivity index (χ3v) is 3.97. The summed E-state index contributed by atoms with van der Waals surface area (Å²) >= 11 is 0. The minimum absolute atomic E-state index is 0.0946. The molecule has 2 atom stereocenters. The number of aromatic amines is 1. The second-order valence-electron chi connectivity index (χ2n) is 5.34. The van der Waals surface area contributed by atoms with Crippen molar-refractivity contribution in [3.63, 3.8) is 0 Å². The van der Waals surface area contributed by atoms with Gasteiger partial charge in [-0.25, -0.2) is 0 Å². The van der Waals surface area contributed by atoms with E-state index in [1.165, 1.54) is 7.11 Å². The van der Waals surface area contributed by atoms with Crippen LogP contribution in [0.15, 0.2) is 18.2 Å². The number of methoxy groups -OCH3 is 1. The van der Waals surface area contributed by atoms with Crippen LogP contribution in [0.3, 0.4) is 0 Å². The van der Waals surface area contributed by atoms with E-state index in [1.807, 2.05) is 6.92 Å². The van der Waals surface area contributed by atoms with Crippen LogP contribution in [0.5, 0.6) is 0 Å². The molecule has 1 saturated heterocycles. The number of amides is 1. The lowest BCUT2D eigenvalue weighted by molar-refractivity contribution is -0.146. The fraction of sp³-hybridized carbons (Fsp3) is 0.429. The van der Waals surface area contributed by atoms with Crippen molar-refractivity contribution in [2.75, 3.05) is 20.2 Å². The van der Waals surface area contributed by atoms with Crippen LogP contribution in [0.25, 0.3) is 11.0 Å². The number of nitrogens with one attached hydrogen (secondary N) is 1. The molecule has 1 fully saturated rings. The molecule has 2 heterocycles. The number of likely N-dealkylation sites (tertiary alicyclic amines) is 1. The van der Waals surface area contributed by atoms with Gasteiger partial charge in [0.1, 0.15) is 11.0 Å². The van der Waals surface area contributed by atoms with Gasteiger partial charge in [-0.15, -0.1) is 0 Å². The number of benzene rings is 1. The Bertz CT molecular complexity index is 696. The molecule has 0 bridgehead atoms. The van der Waals surface area contributed by atoms with Crippen LogP contribution in [0.1, 0.15) is 17.3 Å². The molecule has 3 rings (SSSR count). The Morgan fingerprint density at radius 2 is 2.05 bits per heavy atom. The summed E-state index contributed by atoms with van der Waals surface area (Å²) in [6.45, 7) is 2.90. The Hall–Kier alpha value is -2.44. The highest BCUT2D eigenvalue weighted by molar-refractivity contribution is 5.97. The molecule has 0 saturated carbocycles. The fourth-order valence-corrected chi connectivity index (χ4v) is 2.75. The number of aromatic nitrogens is 3. The van der Waals surface area contributed by atoms with Gasteiger partial charge in [-0.3, -0.25) is 9.59 Å². The predicted octanol–water partition coefficient (Wildman–Crippen LogP) is 0.839. The summed E-state index contributed by atoms with van der Waals surface area (Å²) < 4.78 is 4.79. The third kappa shape index (κ3) is 2.35. The van der Waals surface area contributed by atoms with E-state index in [0.717, 1.165) is 0 Å². The Kier molecular flexibility index (Phi) is 3.32. The van der Waals surface area contributed by atoms with Gasteiger partial charge in [-0.1, -0.05) is 6.92 Å². The quantitative estimate of drug-likeness (QED) is 0.827. The van der Waals surface area contributed by atoms with Crippen LogP contribution in [-0.2, 0) is 9.53 Å². The fourth-order valence-electron chi connectivity index (χ4n) is 2.75. The lowest BCUT2D eigenvalue weighted by atomic mass is 9.99. The van der Waals surface area contributed by atoms with Crippen molar-refractivity contribution in [1.82, 2.24) is 20.3 Å². The number of hydrogen-bond acceptors (Lipinski definition) is 5. The largest absolute Gasteiger partial charge is 0.469 e. The number of fused-ring (bicyclic) bond motifs is 1. The zero-order chi connectivity index (χ0) is 15.0. The van der Waals surface area contributed by atoms with Gasteiger partial charge in [0.05, 0.1) is 13.0 Å². The number of ether oxygens (including phenoxy) is 1. The first-order valence-corrected chi connectivity index (χ1v) is 6.77. The molecule has 0 radical (unpaired) electrons. The molecule has 1 aliphatic heterocycles. The molecule has 2 aromatic rings. The van der Waals surface area contributed by atoms with Gasteiger partial charge in [-0.2, -0.15) is 15.4 Å². The second-order valence-corrected chi connectivity index (χ2v) is 5.34. The van der Waals surface area contributed by atoms with Crippen molar-refractivity contribution in [3.8, 4) is 0 Å². The summed E-state index contributed by atoms with van der Waals surface area (Å²) in [4.78, 5) is 25.9. The molecule has 1 aliphatic rings. The molecule has 1 amide bonds. The Labute approximate surface area is 121 Å². The van der Waals surface area contributed by atoms with E-state index in [-0.39, 0.29) is 23.7 Å². The van der Waals surface area contributed by atoms with Crippen LogP contribution < -0.4 is 0 Å². The standard InChI is InChI=1S/C14H16N4O3/c1-8-6-18(7-10(8)14(20)21-2)13(19)9-3-4-11-12(5-9)16-17-15-11/h3-5,8,10H,6-7H2,1-2H3,(H,15,16,17). The van der Waals surface area contributed by atoms with E-state index in [2.05, 4.69) is 15.4 Å². The average molecular weight is 288 g/mol. The Morgan fingerprint density at radius 3 is 2.81 bits per heavy atom. The summed E-state index contributed by atoms with van der Waals surface area (Å²) in [5.74, 6) is -0.519. The van der Waals surface area contributed by atoms with Gasteiger partial charge in [0, 0.05) is 18.7 Å². The molecule has 1 N–H and O–H groups in total. The maximum absolute atomic E-state index is 12.5. The first-order valence-electron chi connectivity index (χ1n) is 6.77. The van der Waals surface area contributed by atoms with E-state index in [0.29, 0.717) is 29.7 Å². The zero-order valence-electron chi connectivity index (χ0n) is 11.9. The van der Waals surface area contributed by atoms with Gasteiger partial charge in [-0.05, 0) is 24.1 Å². The average Bonchev–Trinajstić information content (AvgIpc) is 3.11. The number of carbonyl (C=O) groups excluding carboxylic acids is 2. The monoisotopic (exact) mass is 288 g/mol. The smallest absolute Gasteiger partial charge is 0.310 e. The second kappa shape index (κ2) is 5.16. The minimum atomic E-state index is -0.259. The number of hydrogen-bond donors (Lipinski definition) is 1. The molecule has 7 nitrogen and oxygen atoms in total. The molecular formula is C14H16N4O3. The summed E-state index contributed by atoms with van der Waals surface area (Å²) in [6.07, 6.45) is 0. The number of nitrogens with zero attached hydrogens (tertiary/aromatic N) is 3. The van der Waals surface area contributed by atoms with Crippen molar-refractivity contribution in [2.45, 2.75) is 6.92 Å². The van der Waals surface area contributed by atoms with Crippen molar-refractivity contribution < 1.29 is 14.3 Å². The minimum Gasteiger partial charge on any atom is -0.469 e. The molecule has 0 aliphatic carbocycles. The summed E-state index contributed by atoms with van der Waals surface area (Å²) in [5.41, 5.74) is 1.92. The maximum Gasteiger partial charge on any atom is 0.310 e. The van der Waals surface area contributed by atoms with E-state index >= 15 is 0 Å². The zero-order valence-corrected chi connectivity index (χ0v) is 11.9. The van der Waals surface area contributed by atoms with Crippen molar-refractivity contribution in [1.29, 1.82) is 0 Å². The first-order chi connectivity index (χ1) is 10.1. The van der Waals surface area contributed by atoms with E-state index < -0.39 is 0 Å². The highest BCUT2D eigenvalue weighted by Gasteiger charge is 2.37. The van der Waals surface area contributed by atoms with Crippen LogP contribution in [0.4, 0.5) is 0 Å². The van der Waals surface area contributed by atoms with Crippen LogP contribution >= 0.6 is 0 Å². The number of H-pyrrole nitrogens is 1. The highest BCUT2D eigenvalue weighted by Crippen LogP contribution is 2.26. The number of esters is 1. The molecular weight excluding hydrogens is 272 g/mol. The SMILES string of the molecule is COC(=O)C1CN(C(=O)c2ccc3n[nH]nc3c2)CC1C. The Balaban J connectivity index is 1.80. The first kappa shape index (κ1) is 13.5. The van der Waals surface area contributed by atoms with Crippen molar-refractivity contribution in [3.05, 3.63) is 23.8 Å². The third-order valence-electron chi connectivity index (χ3n) is 3.97. The van der Waals surface area contributed by atoms with Crippen molar-refractivity contribution in [2.24, 2.45) is 11.8 Å². The van der Waals surface area contributed by atoms with Crippen LogP contribution in [0, 0.1) is 11.8 Å². The summed E-state index contributed by atoms with van der Waals surface area (Å²) in [6, 6.07) is 5.18. The van der Waals surface area contributed by atoms with Crippen LogP contribution in [0.2, 0.25) is 0 Å². The van der Waals surface area contributed by atoms with Gasteiger partial charge in [0.15, 0.2) is 0 Å². The molecule has 0 spiro atoms. The lowest BCUT2D eigenvalue weighted by Gasteiger charge is -2.16. The topological polar surface area (TPSA) is 88.2 Å². The predicted molar refractivity (Wildman–Crippen MR) is 74.5 cm³/mol. The number of carbonyl (C=O) groups is 2. The number of rotatable bonds is 2. The molecule has 1 aromatic carbocycles. The molecule has 21 heavy (non-hydrogen) atoms. The molecule has 1 aromatic heterocycles. The van der Waals surface area contributed by atoms with E-state index in [9.17, 15) is 9.59 Å². The Morgan fingerprint density at radius 1 is 1.29 bits per heavy atom. The van der Waals surface area contributed by atoms with Gasteiger partial charge >= 0.3 is 5.97 Å².